The van der Waals surface area contributed by atoms with Crippen LogP contribution in [0.3, 0.4) is 0 Å². The quantitative estimate of drug-likeness (QED) is 0.491. The first-order chi connectivity index (χ1) is 11.1. The lowest BCUT2D eigenvalue weighted by atomic mass is 10.1. The summed E-state index contributed by atoms with van der Waals surface area (Å²) in [5.74, 6) is 0.277. The van der Waals surface area contributed by atoms with Gasteiger partial charge < -0.3 is 9.47 Å². The number of nitro benzene ring substituents is 1. The van der Waals surface area contributed by atoms with Crippen LogP contribution in [0.1, 0.15) is 34.5 Å². The predicted molar refractivity (Wildman–Crippen MR) is 82.6 cm³/mol. The Balaban J connectivity index is 1.79. The Morgan fingerprint density at radius 2 is 2.09 bits per heavy atom. The second kappa shape index (κ2) is 6.08. The molecular weight excluding hydrogens is 298 g/mol. The van der Waals surface area contributed by atoms with Crippen LogP contribution in [0, 0.1) is 10.1 Å². The van der Waals surface area contributed by atoms with Crippen molar-refractivity contribution >= 4 is 11.7 Å². The van der Waals surface area contributed by atoms with Crippen LogP contribution in [0.5, 0.6) is 5.75 Å². The minimum absolute atomic E-state index is 0.0600. The molecule has 2 aromatic rings. The summed E-state index contributed by atoms with van der Waals surface area (Å²) >= 11 is 0. The first-order valence-electron chi connectivity index (χ1n) is 7.26. The van der Waals surface area contributed by atoms with Crippen molar-refractivity contribution in [2.75, 3.05) is 6.61 Å². The van der Waals surface area contributed by atoms with Gasteiger partial charge in [0.2, 0.25) is 0 Å². The molecule has 0 aliphatic carbocycles. The summed E-state index contributed by atoms with van der Waals surface area (Å²) in [4.78, 5) is 22.9. The molecule has 0 saturated carbocycles. The summed E-state index contributed by atoms with van der Waals surface area (Å²) in [5.41, 5.74) is 1.70. The molecule has 0 spiro atoms. The summed E-state index contributed by atoms with van der Waals surface area (Å²) in [6.07, 6.45) is 0.0458. The highest BCUT2D eigenvalue weighted by Crippen LogP contribution is 2.29. The first kappa shape index (κ1) is 15.0. The van der Waals surface area contributed by atoms with Crippen LogP contribution in [0.25, 0.3) is 0 Å². The molecule has 1 atom stereocenters. The van der Waals surface area contributed by atoms with E-state index in [4.69, 9.17) is 9.47 Å². The number of benzene rings is 2. The molecule has 23 heavy (non-hydrogen) atoms. The molecule has 1 unspecified atom stereocenters. The monoisotopic (exact) mass is 313 g/mol. The second-order valence-electron chi connectivity index (χ2n) is 5.28. The normalized spacial score (nSPS) is 13.8. The molecular formula is C17H15NO5. The fourth-order valence-electron chi connectivity index (χ4n) is 2.60. The summed E-state index contributed by atoms with van der Waals surface area (Å²) in [7, 11) is 0. The van der Waals surface area contributed by atoms with Gasteiger partial charge in [0.15, 0.2) is 0 Å². The van der Waals surface area contributed by atoms with Crippen LogP contribution >= 0.6 is 0 Å². The number of para-hydroxylation sites is 1. The van der Waals surface area contributed by atoms with E-state index in [0.29, 0.717) is 17.7 Å². The molecule has 2 aromatic carbocycles. The largest absolute Gasteiger partial charge is 0.493 e. The lowest BCUT2D eigenvalue weighted by Crippen LogP contribution is -2.11. The van der Waals surface area contributed by atoms with Crippen LogP contribution in [0.2, 0.25) is 0 Å². The van der Waals surface area contributed by atoms with Crippen molar-refractivity contribution < 1.29 is 19.2 Å². The fraction of sp³-hybridized carbons (Fsp3) is 0.235. The summed E-state index contributed by atoms with van der Waals surface area (Å²) in [6, 6.07) is 11.4. The van der Waals surface area contributed by atoms with Gasteiger partial charge in [-0.3, -0.25) is 10.1 Å². The van der Waals surface area contributed by atoms with Crippen LogP contribution in [0.15, 0.2) is 42.5 Å². The highest BCUT2D eigenvalue weighted by Gasteiger charge is 2.23. The average molecular weight is 313 g/mol. The van der Waals surface area contributed by atoms with E-state index in [0.717, 1.165) is 17.7 Å². The van der Waals surface area contributed by atoms with Crippen molar-refractivity contribution in [1.82, 2.24) is 0 Å². The van der Waals surface area contributed by atoms with Crippen LogP contribution in [-0.2, 0) is 11.2 Å². The topological polar surface area (TPSA) is 78.7 Å². The van der Waals surface area contributed by atoms with Gasteiger partial charge >= 0.3 is 5.97 Å². The van der Waals surface area contributed by atoms with Crippen molar-refractivity contribution in [3.8, 4) is 5.75 Å². The molecule has 0 fully saturated rings. The number of ether oxygens (including phenoxy) is 2. The molecule has 118 valence electrons. The third-order valence-corrected chi connectivity index (χ3v) is 3.78. The van der Waals surface area contributed by atoms with Gasteiger partial charge in [0, 0.05) is 12.5 Å². The zero-order chi connectivity index (χ0) is 16.4. The maximum Gasteiger partial charge on any atom is 0.338 e. The van der Waals surface area contributed by atoms with Gasteiger partial charge in [0.1, 0.15) is 11.9 Å². The van der Waals surface area contributed by atoms with Gasteiger partial charge in [-0.1, -0.05) is 12.1 Å². The number of esters is 1. The Morgan fingerprint density at radius 3 is 2.87 bits per heavy atom. The lowest BCUT2D eigenvalue weighted by molar-refractivity contribution is -0.386. The van der Waals surface area contributed by atoms with Crippen LogP contribution < -0.4 is 4.74 Å². The second-order valence-corrected chi connectivity index (χ2v) is 5.28. The van der Waals surface area contributed by atoms with Crippen molar-refractivity contribution in [1.29, 1.82) is 0 Å². The van der Waals surface area contributed by atoms with Crippen molar-refractivity contribution in [3.05, 3.63) is 69.3 Å². The molecule has 1 aliphatic rings. The average Bonchev–Trinajstić information content (AvgIpc) is 3.02. The van der Waals surface area contributed by atoms with Crippen LogP contribution in [-0.4, -0.2) is 17.5 Å². The minimum Gasteiger partial charge on any atom is -0.493 e. The Morgan fingerprint density at radius 1 is 1.30 bits per heavy atom. The number of fused-ring (bicyclic) bond motifs is 1. The third-order valence-electron chi connectivity index (χ3n) is 3.78. The third kappa shape index (κ3) is 3.01. The summed E-state index contributed by atoms with van der Waals surface area (Å²) < 4.78 is 10.8. The van der Waals surface area contributed by atoms with E-state index in [-0.39, 0.29) is 5.69 Å². The van der Waals surface area contributed by atoms with E-state index in [1.165, 1.54) is 6.07 Å². The molecule has 6 heteroatoms. The molecule has 0 saturated heterocycles. The van der Waals surface area contributed by atoms with Gasteiger partial charge in [-0.25, -0.2) is 4.79 Å². The van der Waals surface area contributed by atoms with E-state index < -0.39 is 17.0 Å². The van der Waals surface area contributed by atoms with Gasteiger partial charge in [-0.15, -0.1) is 0 Å². The first-order valence-corrected chi connectivity index (χ1v) is 7.26. The van der Waals surface area contributed by atoms with Gasteiger partial charge in [0.05, 0.1) is 22.7 Å². The zero-order valence-electron chi connectivity index (χ0n) is 12.5. The van der Waals surface area contributed by atoms with Crippen molar-refractivity contribution in [2.24, 2.45) is 0 Å². The van der Waals surface area contributed by atoms with Crippen molar-refractivity contribution in [3.63, 3.8) is 0 Å². The van der Waals surface area contributed by atoms with Crippen molar-refractivity contribution in [2.45, 2.75) is 19.4 Å². The highest BCUT2D eigenvalue weighted by atomic mass is 16.6. The molecule has 1 aliphatic heterocycles. The minimum atomic E-state index is -0.714. The Kier molecular flexibility index (Phi) is 3.97. The van der Waals surface area contributed by atoms with E-state index >= 15 is 0 Å². The molecule has 1 heterocycles. The molecule has 0 radical (unpaired) electrons. The molecule has 3 rings (SSSR count). The molecule has 0 amide bonds. The molecule has 6 nitrogen and oxygen atoms in total. The Labute approximate surface area is 132 Å². The van der Waals surface area contributed by atoms with E-state index in [1.807, 2.05) is 0 Å². The Hall–Kier alpha value is -2.89. The maximum atomic E-state index is 12.3. The number of nitro groups is 1. The molecule has 0 bridgehead atoms. The highest BCUT2D eigenvalue weighted by molar-refractivity contribution is 5.90. The van der Waals surface area contributed by atoms with E-state index in [1.54, 1.807) is 43.3 Å². The van der Waals surface area contributed by atoms with Gasteiger partial charge in [0.25, 0.3) is 5.69 Å². The number of nitrogens with zero attached hydrogens (tertiary/aromatic N) is 1. The smallest absolute Gasteiger partial charge is 0.338 e. The van der Waals surface area contributed by atoms with E-state index in [2.05, 4.69) is 0 Å². The number of rotatable bonds is 4. The number of hydrogen-bond acceptors (Lipinski definition) is 5. The standard InChI is InChI=1S/C17H15NO5/c1-11(14-4-2-3-5-15(14)18(20)21)23-17(19)13-6-7-16-12(10-13)8-9-22-16/h2-7,10-11H,8-9H2,1H3. The Bertz CT molecular complexity index is 771. The molecule has 0 aromatic heterocycles. The predicted octanol–water partition coefficient (Wildman–Crippen LogP) is 3.45. The lowest BCUT2D eigenvalue weighted by Gasteiger charge is -2.14. The summed E-state index contributed by atoms with van der Waals surface area (Å²) in [5, 5.41) is 11.1. The van der Waals surface area contributed by atoms with E-state index in [9.17, 15) is 14.9 Å². The van der Waals surface area contributed by atoms with Crippen LogP contribution in [0.4, 0.5) is 5.69 Å². The van der Waals surface area contributed by atoms with Gasteiger partial charge in [-0.2, -0.15) is 0 Å². The maximum absolute atomic E-state index is 12.3. The number of hydrogen-bond donors (Lipinski definition) is 0. The SMILES string of the molecule is CC(OC(=O)c1ccc2c(c1)CCO2)c1ccccc1[N+](=O)[O-]. The number of carbonyl (C=O) groups excluding carboxylic acids is 1. The molecule has 0 N–H and O–H groups in total. The number of carbonyl (C=O) groups is 1. The van der Waals surface area contributed by atoms with Gasteiger partial charge in [-0.05, 0) is 36.8 Å². The summed E-state index contributed by atoms with van der Waals surface area (Å²) in [6.45, 7) is 2.23. The zero-order valence-corrected chi connectivity index (χ0v) is 12.5. The fourth-order valence-corrected chi connectivity index (χ4v) is 2.60.